The Balaban J connectivity index is 1.55. The topological polar surface area (TPSA) is 34.1 Å². The predicted octanol–water partition coefficient (Wildman–Crippen LogP) is 3.88. The van der Waals surface area contributed by atoms with Crippen molar-refractivity contribution < 1.29 is 9.13 Å². The van der Waals surface area contributed by atoms with Crippen molar-refractivity contribution in [2.24, 2.45) is 0 Å². The van der Waals surface area contributed by atoms with Crippen LogP contribution >= 0.6 is 27.3 Å². The van der Waals surface area contributed by atoms with Crippen LogP contribution in [0.5, 0.6) is 5.75 Å². The Bertz CT molecular complexity index is 601. The van der Waals surface area contributed by atoms with Crippen LogP contribution in [0.4, 0.5) is 4.39 Å². The van der Waals surface area contributed by atoms with Crippen molar-refractivity contribution in [3.05, 3.63) is 44.6 Å². The Morgan fingerprint density at radius 3 is 3.10 bits per heavy atom. The van der Waals surface area contributed by atoms with Crippen molar-refractivity contribution in [3.63, 3.8) is 0 Å². The molecule has 1 aliphatic rings. The first-order valence-electron chi connectivity index (χ1n) is 6.45. The quantitative estimate of drug-likeness (QED) is 0.852. The van der Waals surface area contributed by atoms with E-state index in [9.17, 15) is 4.39 Å². The van der Waals surface area contributed by atoms with E-state index in [-0.39, 0.29) is 5.82 Å². The lowest BCUT2D eigenvalue weighted by molar-refractivity contribution is 0.298. The average molecular weight is 357 g/mol. The standard InChI is InChI=1S/C14H14BrFN2OS/c15-12-4-1-9(16)5-13(12)19-7-11-8-20-14(18-11)6-17-10-2-3-10/h1,4-5,8,10,17H,2-3,6-7H2. The number of rotatable bonds is 6. The number of hydrogen-bond acceptors (Lipinski definition) is 4. The fourth-order valence-electron chi connectivity index (χ4n) is 1.76. The fraction of sp³-hybridized carbons (Fsp3) is 0.357. The van der Waals surface area contributed by atoms with E-state index in [0.717, 1.165) is 21.7 Å². The Morgan fingerprint density at radius 1 is 1.45 bits per heavy atom. The molecule has 3 rings (SSSR count). The molecule has 1 fully saturated rings. The molecule has 0 spiro atoms. The van der Waals surface area contributed by atoms with Crippen LogP contribution in [0.1, 0.15) is 23.5 Å². The summed E-state index contributed by atoms with van der Waals surface area (Å²) in [5.74, 6) is 0.187. The third-order valence-corrected chi connectivity index (χ3v) is 4.54. The fourth-order valence-corrected chi connectivity index (χ4v) is 2.85. The molecule has 0 atom stereocenters. The van der Waals surface area contributed by atoms with E-state index >= 15 is 0 Å². The largest absolute Gasteiger partial charge is 0.486 e. The molecule has 1 aromatic carbocycles. The summed E-state index contributed by atoms with van der Waals surface area (Å²) in [6.07, 6.45) is 2.55. The second kappa shape index (κ2) is 6.20. The maximum Gasteiger partial charge on any atom is 0.136 e. The predicted molar refractivity (Wildman–Crippen MR) is 80.4 cm³/mol. The average Bonchev–Trinajstić information content (AvgIpc) is 3.16. The van der Waals surface area contributed by atoms with E-state index in [1.807, 2.05) is 5.38 Å². The molecule has 20 heavy (non-hydrogen) atoms. The highest BCUT2D eigenvalue weighted by Crippen LogP contribution is 2.26. The van der Waals surface area contributed by atoms with Crippen molar-refractivity contribution in [1.82, 2.24) is 10.3 Å². The van der Waals surface area contributed by atoms with Gasteiger partial charge in [0.05, 0.1) is 10.2 Å². The van der Waals surface area contributed by atoms with E-state index in [2.05, 4.69) is 26.2 Å². The van der Waals surface area contributed by atoms with E-state index in [1.54, 1.807) is 17.4 Å². The second-order valence-corrected chi connectivity index (χ2v) is 6.55. The van der Waals surface area contributed by atoms with Gasteiger partial charge in [-0.2, -0.15) is 0 Å². The SMILES string of the molecule is Fc1ccc(Br)c(OCc2csc(CNC3CC3)n2)c1. The van der Waals surface area contributed by atoms with E-state index in [0.29, 0.717) is 18.4 Å². The summed E-state index contributed by atoms with van der Waals surface area (Å²) in [4.78, 5) is 4.50. The molecule has 3 nitrogen and oxygen atoms in total. The Kier molecular flexibility index (Phi) is 4.33. The lowest BCUT2D eigenvalue weighted by Crippen LogP contribution is -2.15. The molecule has 0 bridgehead atoms. The first kappa shape index (κ1) is 14.0. The molecule has 0 aliphatic heterocycles. The molecule has 106 valence electrons. The van der Waals surface area contributed by atoms with Crippen LogP contribution in [0.25, 0.3) is 0 Å². The summed E-state index contributed by atoms with van der Waals surface area (Å²) in [5.41, 5.74) is 0.874. The summed E-state index contributed by atoms with van der Waals surface area (Å²) in [5, 5.41) is 6.47. The van der Waals surface area contributed by atoms with Gasteiger partial charge in [-0.25, -0.2) is 9.37 Å². The van der Waals surface area contributed by atoms with Crippen LogP contribution in [0.15, 0.2) is 28.1 Å². The number of nitrogens with one attached hydrogen (secondary N) is 1. The molecule has 0 radical (unpaired) electrons. The van der Waals surface area contributed by atoms with E-state index in [1.165, 1.54) is 25.0 Å². The third-order valence-electron chi connectivity index (χ3n) is 2.99. The van der Waals surface area contributed by atoms with Crippen LogP contribution < -0.4 is 10.1 Å². The zero-order valence-electron chi connectivity index (χ0n) is 10.7. The molecule has 2 aromatic rings. The number of aromatic nitrogens is 1. The molecule has 0 amide bonds. The monoisotopic (exact) mass is 356 g/mol. The van der Waals surface area contributed by atoms with E-state index in [4.69, 9.17) is 4.74 Å². The maximum atomic E-state index is 13.1. The number of nitrogens with zero attached hydrogens (tertiary/aromatic N) is 1. The smallest absolute Gasteiger partial charge is 0.136 e. The lowest BCUT2D eigenvalue weighted by atomic mass is 10.3. The first-order chi connectivity index (χ1) is 9.70. The summed E-state index contributed by atoms with van der Waals surface area (Å²) in [7, 11) is 0. The summed E-state index contributed by atoms with van der Waals surface area (Å²) in [6, 6.07) is 5.08. The highest BCUT2D eigenvalue weighted by atomic mass is 79.9. The van der Waals surface area contributed by atoms with Crippen molar-refractivity contribution in [1.29, 1.82) is 0 Å². The molecule has 1 aliphatic carbocycles. The normalized spacial score (nSPS) is 14.5. The van der Waals surface area contributed by atoms with Crippen LogP contribution in [0, 0.1) is 5.82 Å². The highest BCUT2D eigenvalue weighted by Gasteiger charge is 2.20. The van der Waals surface area contributed by atoms with Crippen LogP contribution in [-0.2, 0) is 13.2 Å². The zero-order valence-corrected chi connectivity index (χ0v) is 13.1. The van der Waals surface area contributed by atoms with Gasteiger partial charge in [0.2, 0.25) is 0 Å². The van der Waals surface area contributed by atoms with Gasteiger partial charge in [-0.15, -0.1) is 11.3 Å². The van der Waals surface area contributed by atoms with Crippen LogP contribution in [-0.4, -0.2) is 11.0 Å². The molecule has 6 heteroatoms. The maximum absolute atomic E-state index is 13.1. The first-order valence-corrected chi connectivity index (χ1v) is 8.12. The van der Waals surface area contributed by atoms with Crippen LogP contribution in [0.2, 0.25) is 0 Å². The Labute approximate surface area is 129 Å². The molecule has 0 saturated heterocycles. The van der Waals surface area contributed by atoms with Crippen molar-refractivity contribution in [3.8, 4) is 5.75 Å². The van der Waals surface area contributed by atoms with Gasteiger partial charge in [-0.1, -0.05) is 0 Å². The van der Waals surface area contributed by atoms with Gasteiger partial charge in [0.1, 0.15) is 23.2 Å². The van der Waals surface area contributed by atoms with Gasteiger partial charge in [0.15, 0.2) is 0 Å². The molecule has 1 saturated carbocycles. The number of halogens is 2. The van der Waals surface area contributed by atoms with Gasteiger partial charge in [-0.05, 0) is 40.9 Å². The van der Waals surface area contributed by atoms with Crippen molar-refractivity contribution >= 4 is 27.3 Å². The van der Waals surface area contributed by atoms with Gasteiger partial charge >= 0.3 is 0 Å². The molecular weight excluding hydrogens is 343 g/mol. The molecule has 1 heterocycles. The summed E-state index contributed by atoms with van der Waals surface area (Å²) < 4.78 is 19.5. The number of hydrogen-bond donors (Lipinski definition) is 1. The molecule has 1 N–H and O–H groups in total. The number of benzene rings is 1. The van der Waals surface area contributed by atoms with Gasteiger partial charge in [0, 0.05) is 24.0 Å². The van der Waals surface area contributed by atoms with Gasteiger partial charge in [0.25, 0.3) is 0 Å². The summed E-state index contributed by atoms with van der Waals surface area (Å²) >= 11 is 4.96. The third kappa shape index (κ3) is 3.77. The van der Waals surface area contributed by atoms with Gasteiger partial charge < -0.3 is 10.1 Å². The van der Waals surface area contributed by atoms with Crippen LogP contribution in [0.3, 0.4) is 0 Å². The minimum Gasteiger partial charge on any atom is -0.486 e. The Morgan fingerprint density at radius 2 is 2.30 bits per heavy atom. The molecule has 0 unspecified atom stereocenters. The van der Waals surface area contributed by atoms with Gasteiger partial charge in [-0.3, -0.25) is 0 Å². The number of thiazole rings is 1. The minimum atomic E-state index is -0.309. The number of ether oxygens (including phenoxy) is 1. The van der Waals surface area contributed by atoms with Crippen molar-refractivity contribution in [2.75, 3.05) is 0 Å². The second-order valence-electron chi connectivity index (χ2n) is 4.75. The Hall–Kier alpha value is -0.980. The highest BCUT2D eigenvalue weighted by molar-refractivity contribution is 9.10. The zero-order chi connectivity index (χ0) is 13.9. The minimum absolute atomic E-state index is 0.309. The lowest BCUT2D eigenvalue weighted by Gasteiger charge is -2.06. The van der Waals surface area contributed by atoms with E-state index < -0.39 is 0 Å². The molecular formula is C14H14BrFN2OS. The summed E-state index contributed by atoms with van der Waals surface area (Å²) in [6.45, 7) is 1.17. The van der Waals surface area contributed by atoms with Crippen molar-refractivity contribution in [2.45, 2.75) is 32.0 Å². The molecule has 1 aromatic heterocycles.